The summed E-state index contributed by atoms with van der Waals surface area (Å²) in [7, 11) is 0. The molecular formula is C22H26F2N2O. The Labute approximate surface area is 159 Å². The highest BCUT2D eigenvalue weighted by Crippen LogP contribution is 2.25. The lowest BCUT2D eigenvalue weighted by atomic mass is 9.99. The maximum absolute atomic E-state index is 13.8. The highest BCUT2D eigenvalue weighted by Gasteiger charge is 2.25. The molecule has 1 fully saturated rings. The molecule has 1 N–H and O–H groups in total. The SMILES string of the molecule is CC(Cc1ccccc1F)C(=O)NCC(c1ccc(F)cc1)N1CCCC1. The van der Waals surface area contributed by atoms with E-state index in [-0.39, 0.29) is 29.5 Å². The van der Waals surface area contributed by atoms with Gasteiger partial charge in [-0.05, 0) is 61.7 Å². The van der Waals surface area contributed by atoms with E-state index in [9.17, 15) is 13.6 Å². The van der Waals surface area contributed by atoms with Crippen LogP contribution in [0.15, 0.2) is 48.5 Å². The molecule has 0 aliphatic carbocycles. The summed E-state index contributed by atoms with van der Waals surface area (Å²) in [5, 5.41) is 3.02. The predicted molar refractivity (Wildman–Crippen MR) is 102 cm³/mol. The van der Waals surface area contributed by atoms with E-state index < -0.39 is 0 Å². The van der Waals surface area contributed by atoms with Gasteiger partial charge in [-0.3, -0.25) is 9.69 Å². The van der Waals surface area contributed by atoms with Gasteiger partial charge in [0.2, 0.25) is 5.91 Å². The smallest absolute Gasteiger partial charge is 0.223 e. The van der Waals surface area contributed by atoms with Crippen molar-refractivity contribution in [3.63, 3.8) is 0 Å². The lowest BCUT2D eigenvalue weighted by molar-refractivity contribution is -0.124. The second-order valence-electron chi connectivity index (χ2n) is 7.25. The molecule has 1 heterocycles. The largest absolute Gasteiger partial charge is 0.354 e. The molecule has 0 aromatic heterocycles. The van der Waals surface area contributed by atoms with Gasteiger partial charge in [0, 0.05) is 12.5 Å². The minimum Gasteiger partial charge on any atom is -0.354 e. The van der Waals surface area contributed by atoms with Gasteiger partial charge in [-0.25, -0.2) is 8.78 Å². The van der Waals surface area contributed by atoms with E-state index in [0.29, 0.717) is 18.5 Å². The molecule has 3 rings (SSSR count). The molecule has 144 valence electrons. The quantitative estimate of drug-likeness (QED) is 0.794. The first-order valence-corrected chi connectivity index (χ1v) is 9.55. The van der Waals surface area contributed by atoms with E-state index in [2.05, 4.69) is 10.2 Å². The molecule has 1 aliphatic heterocycles. The molecular weight excluding hydrogens is 346 g/mol. The summed E-state index contributed by atoms with van der Waals surface area (Å²) in [6.45, 7) is 4.22. The molecule has 5 heteroatoms. The fraction of sp³-hybridized carbons (Fsp3) is 0.409. The number of hydrogen-bond acceptors (Lipinski definition) is 2. The molecule has 1 amide bonds. The number of halogens is 2. The summed E-state index contributed by atoms with van der Waals surface area (Å²) < 4.78 is 27.1. The zero-order valence-corrected chi connectivity index (χ0v) is 15.6. The summed E-state index contributed by atoms with van der Waals surface area (Å²) >= 11 is 0. The Morgan fingerprint density at radius 2 is 1.74 bits per heavy atom. The molecule has 2 aromatic rings. The van der Waals surface area contributed by atoms with Crippen molar-refractivity contribution in [3.8, 4) is 0 Å². The first kappa shape index (κ1) is 19.5. The number of amides is 1. The van der Waals surface area contributed by atoms with Crippen molar-refractivity contribution < 1.29 is 13.6 Å². The Kier molecular flexibility index (Phi) is 6.56. The summed E-state index contributed by atoms with van der Waals surface area (Å²) in [5.74, 6) is -0.959. The number of nitrogens with zero attached hydrogens (tertiary/aromatic N) is 1. The van der Waals surface area contributed by atoms with Crippen LogP contribution in [0.2, 0.25) is 0 Å². The number of benzene rings is 2. The number of hydrogen-bond donors (Lipinski definition) is 1. The number of carbonyl (C=O) groups is 1. The normalized spacial score (nSPS) is 16.9. The number of carbonyl (C=O) groups excluding carboxylic acids is 1. The molecule has 0 saturated carbocycles. The van der Waals surface area contributed by atoms with Gasteiger partial charge in [0.1, 0.15) is 11.6 Å². The predicted octanol–water partition coefficient (Wildman–Crippen LogP) is 4.10. The molecule has 0 spiro atoms. The van der Waals surface area contributed by atoms with Gasteiger partial charge in [-0.1, -0.05) is 37.3 Å². The van der Waals surface area contributed by atoms with Crippen molar-refractivity contribution in [2.24, 2.45) is 5.92 Å². The minimum atomic E-state index is -0.325. The van der Waals surface area contributed by atoms with Crippen molar-refractivity contribution in [1.29, 1.82) is 0 Å². The van der Waals surface area contributed by atoms with Gasteiger partial charge in [0.15, 0.2) is 0 Å². The van der Waals surface area contributed by atoms with Crippen LogP contribution in [0.1, 0.15) is 36.9 Å². The van der Waals surface area contributed by atoms with Crippen LogP contribution < -0.4 is 5.32 Å². The van der Waals surface area contributed by atoms with E-state index in [1.54, 1.807) is 30.3 Å². The molecule has 0 bridgehead atoms. The fourth-order valence-corrected chi connectivity index (χ4v) is 3.65. The lowest BCUT2D eigenvalue weighted by Crippen LogP contribution is -2.39. The van der Waals surface area contributed by atoms with E-state index in [4.69, 9.17) is 0 Å². The Balaban J connectivity index is 1.63. The minimum absolute atomic E-state index is 0.0257. The Morgan fingerprint density at radius 1 is 1.07 bits per heavy atom. The van der Waals surface area contributed by atoms with Gasteiger partial charge >= 0.3 is 0 Å². The van der Waals surface area contributed by atoms with Crippen LogP contribution in [0.5, 0.6) is 0 Å². The number of nitrogens with one attached hydrogen (secondary N) is 1. The summed E-state index contributed by atoms with van der Waals surface area (Å²) in [6, 6.07) is 13.1. The Hall–Kier alpha value is -2.27. The monoisotopic (exact) mass is 372 g/mol. The standard InChI is InChI=1S/C22H26F2N2O/c1-16(14-18-6-2-3-7-20(18)24)22(27)25-15-21(26-12-4-5-13-26)17-8-10-19(23)11-9-17/h2-3,6-11,16,21H,4-5,12-15H2,1H3,(H,25,27). The average molecular weight is 372 g/mol. The van der Waals surface area contributed by atoms with Crippen LogP contribution in [0.4, 0.5) is 8.78 Å². The molecule has 2 unspecified atom stereocenters. The number of likely N-dealkylation sites (tertiary alicyclic amines) is 1. The second kappa shape index (κ2) is 9.09. The molecule has 2 atom stereocenters. The third kappa shape index (κ3) is 5.13. The Morgan fingerprint density at radius 3 is 2.41 bits per heavy atom. The first-order valence-electron chi connectivity index (χ1n) is 9.55. The maximum atomic E-state index is 13.8. The topological polar surface area (TPSA) is 32.3 Å². The number of rotatable bonds is 7. The summed E-state index contributed by atoms with van der Waals surface area (Å²) in [6.07, 6.45) is 2.63. The molecule has 0 radical (unpaired) electrons. The highest BCUT2D eigenvalue weighted by molar-refractivity contribution is 5.78. The highest BCUT2D eigenvalue weighted by atomic mass is 19.1. The Bertz CT molecular complexity index is 757. The molecule has 27 heavy (non-hydrogen) atoms. The lowest BCUT2D eigenvalue weighted by Gasteiger charge is -2.28. The third-order valence-corrected chi connectivity index (χ3v) is 5.24. The summed E-state index contributed by atoms with van der Waals surface area (Å²) in [5.41, 5.74) is 1.55. The van der Waals surface area contributed by atoms with Crippen LogP contribution in [0.25, 0.3) is 0 Å². The van der Waals surface area contributed by atoms with E-state index in [0.717, 1.165) is 31.5 Å². The van der Waals surface area contributed by atoms with E-state index in [1.807, 2.05) is 6.92 Å². The van der Waals surface area contributed by atoms with E-state index in [1.165, 1.54) is 18.2 Å². The van der Waals surface area contributed by atoms with Crippen LogP contribution >= 0.6 is 0 Å². The third-order valence-electron chi connectivity index (χ3n) is 5.24. The zero-order valence-electron chi connectivity index (χ0n) is 15.6. The fourth-order valence-electron chi connectivity index (χ4n) is 3.65. The van der Waals surface area contributed by atoms with Gasteiger partial charge in [-0.2, -0.15) is 0 Å². The van der Waals surface area contributed by atoms with Crippen LogP contribution in [-0.2, 0) is 11.2 Å². The second-order valence-corrected chi connectivity index (χ2v) is 7.25. The van der Waals surface area contributed by atoms with Crippen LogP contribution in [-0.4, -0.2) is 30.4 Å². The first-order chi connectivity index (χ1) is 13.0. The molecule has 1 saturated heterocycles. The van der Waals surface area contributed by atoms with Crippen LogP contribution in [0.3, 0.4) is 0 Å². The van der Waals surface area contributed by atoms with Crippen LogP contribution in [0, 0.1) is 17.6 Å². The maximum Gasteiger partial charge on any atom is 0.223 e. The average Bonchev–Trinajstić information content (AvgIpc) is 3.19. The van der Waals surface area contributed by atoms with Gasteiger partial charge in [0.25, 0.3) is 0 Å². The zero-order chi connectivity index (χ0) is 19.2. The molecule has 1 aliphatic rings. The van der Waals surface area contributed by atoms with Crippen molar-refractivity contribution in [1.82, 2.24) is 10.2 Å². The van der Waals surface area contributed by atoms with Crippen molar-refractivity contribution >= 4 is 5.91 Å². The summed E-state index contributed by atoms with van der Waals surface area (Å²) in [4.78, 5) is 14.9. The van der Waals surface area contributed by atoms with Crippen molar-refractivity contribution in [2.75, 3.05) is 19.6 Å². The van der Waals surface area contributed by atoms with Gasteiger partial charge in [0.05, 0.1) is 6.04 Å². The van der Waals surface area contributed by atoms with Gasteiger partial charge in [-0.15, -0.1) is 0 Å². The van der Waals surface area contributed by atoms with Crippen molar-refractivity contribution in [3.05, 3.63) is 71.3 Å². The van der Waals surface area contributed by atoms with Gasteiger partial charge < -0.3 is 5.32 Å². The van der Waals surface area contributed by atoms with Crippen molar-refractivity contribution in [2.45, 2.75) is 32.2 Å². The molecule has 3 nitrogen and oxygen atoms in total. The van der Waals surface area contributed by atoms with E-state index >= 15 is 0 Å². The molecule has 2 aromatic carbocycles.